The van der Waals surface area contributed by atoms with Crippen LogP contribution in [0.3, 0.4) is 0 Å². The fourth-order valence-corrected chi connectivity index (χ4v) is 3.19. The molecular formula is C16H17NO2S. The average Bonchev–Trinajstić information content (AvgIpc) is 2.46. The van der Waals surface area contributed by atoms with Crippen LogP contribution in [-0.2, 0) is 5.75 Å². The molecule has 0 spiro atoms. The van der Waals surface area contributed by atoms with Gasteiger partial charge in [-0.05, 0) is 24.1 Å². The van der Waals surface area contributed by atoms with Crippen molar-refractivity contribution < 1.29 is 9.47 Å². The van der Waals surface area contributed by atoms with Crippen LogP contribution in [0.2, 0.25) is 0 Å². The second-order valence-corrected chi connectivity index (χ2v) is 5.77. The summed E-state index contributed by atoms with van der Waals surface area (Å²) in [6, 6.07) is 12.2. The number of ether oxygens (including phenoxy) is 2. The summed E-state index contributed by atoms with van der Waals surface area (Å²) in [5.41, 5.74) is 9.46. The van der Waals surface area contributed by atoms with E-state index in [9.17, 15) is 0 Å². The molecule has 1 aliphatic heterocycles. The molecule has 0 saturated heterocycles. The lowest BCUT2D eigenvalue weighted by atomic mass is 10.1. The Balaban J connectivity index is 1.79. The van der Waals surface area contributed by atoms with E-state index in [1.807, 2.05) is 12.1 Å². The Morgan fingerprint density at radius 1 is 1.10 bits per heavy atom. The molecule has 1 aliphatic rings. The van der Waals surface area contributed by atoms with Crippen molar-refractivity contribution >= 4 is 17.4 Å². The molecule has 0 atom stereocenters. The standard InChI is InChI=1S/C16H17NO2S/c1-11-4-2-3-5-12(11)10-20-16-9-15-14(8-13(16)17)18-6-7-19-15/h2-5,8-9H,6-7,10,17H2,1H3. The van der Waals surface area contributed by atoms with Gasteiger partial charge in [0.1, 0.15) is 13.2 Å². The SMILES string of the molecule is Cc1ccccc1CSc1cc2c(cc1N)OCCO2. The quantitative estimate of drug-likeness (QED) is 0.691. The Hall–Kier alpha value is -1.81. The van der Waals surface area contributed by atoms with Crippen LogP contribution < -0.4 is 15.2 Å². The number of nitrogen functional groups attached to an aromatic ring is 1. The van der Waals surface area contributed by atoms with E-state index in [0.29, 0.717) is 13.2 Å². The van der Waals surface area contributed by atoms with Gasteiger partial charge >= 0.3 is 0 Å². The van der Waals surface area contributed by atoms with Crippen LogP contribution in [0.1, 0.15) is 11.1 Å². The van der Waals surface area contributed by atoms with Gasteiger partial charge in [0.05, 0.1) is 0 Å². The fraction of sp³-hybridized carbons (Fsp3) is 0.250. The topological polar surface area (TPSA) is 44.5 Å². The lowest BCUT2D eigenvalue weighted by Crippen LogP contribution is -2.15. The molecule has 2 aromatic rings. The van der Waals surface area contributed by atoms with Crippen LogP contribution in [0, 0.1) is 6.92 Å². The number of thioether (sulfide) groups is 1. The molecule has 2 aromatic carbocycles. The van der Waals surface area contributed by atoms with E-state index in [1.165, 1.54) is 11.1 Å². The number of anilines is 1. The van der Waals surface area contributed by atoms with Crippen LogP contribution in [0.5, 0.6) is 11.5 Å². The predicted octanol–water partition coefficient (Wildman–Crippen LogP) is 3.64. The Kier molecular flexibility index (Phi) is 3.74. The summed E-state index contributed by atoms with van der Waals surface area (Å²) in [5, 5.41) is 0. The zero-order valence-electron chi connectivity index (χ0n) is 11.4. The molecule has 0 fully saturated rings. The highest BCUT2D eigenvalue weighted by Crippen LogP contribution is 2.39. The number of nitrogens with two attached hydrogens (primary N) is 1. The van der Waals surface area contributed by atoms with Gasteiger partial charge in [0.2, 0.25) is 0 Å². The average molecular weight is 287 g/mol. The van der Waals surface area contributed by atoms with Crippen molar-refractivity contribution in [2.24, 2.45) is 0 Å². The van der Waals surface area contributed by atoms with Gasteiger partial charge in [0, 0.05) is 22.4 Å². The Bertz CT molecular complexity index is 628. The Morgan fingerprint density at radius 2 is 1.80 bits per heavy atom. The molecule has 0 radical (unpaired) electrons. The van der Waals surface area contributed by atoms with Gasteiger partial charge in [0.25, 0.3) is 0 Å². The number of hydrogen-bond acceptors (Lipinski definition) is 4. The maximum Gasteiger partial charge on any atom is 0.163 e. The van der Waals surface area contributed by atoms with Crippen molar-refractivity contribution in [2.45, 2.75) is 17.6 Å². The Morgan fingerprint density at radius 3 is 2.55 bits per heavy atom. The van der Waals surface area contributed by atoms with Gasteiger partial charge in [-0.3, -0.25) is 0 Å². The molecule has 20 heavy (non-hydrogen) atoms. The van der Waals surface area contributed by atoms with Crippen molar-refractivity contribution in [3.8, 4) is 11.5 Å². The van der Waals surface area contributed by atoms with Crippen LogP contribution in [0.4, 0.5) is 5.69 Å². The highest BCUT2D eigenvalue weighted by Gasteiger charge is 2.15. The third kappa shape index (κ3) is 2.70. The van der Waals surface area contributed by atoms with Crippen LogP contribution in [0.15, 0.2) is 41.3 Å². The van der Waals surface area contributed by atoms with E-state index in [1.54, 1.807) is 11.8 Å². The molecule has 3 nitrogen and oxygen atoms in total. The zero-order chi connectivity index (χ0) is 13.9. The monoisotopic (exact) mass is 287 g/mol. The smallest absolute Gasteiger partial charge is 0.163 e. The van der Waals surface area contributed by atoms with E-state index in [0.717, 1.165) is 27.8 Å². The molecule has 0 aliphatic carbocycles. The molecule has 1 heterocycles. The second kappa shape index (κ2) is 5.67. The first-order valence-electron chi connectivity index (χ1n) is 6.60. The highest BCUT2D eigenvalue weighted by atomic mass is 32.2. The molecule has 0 bridgehead atoms. The second-order valence-electron chi connectivity index (χ2n) is 4.75. The summed E-state index contributed by atoms with van der Waals surface area (Å²) < 4.78 is 11.1. The fourth-order valence-electron chi connectivity index (χ4n) is 2.14. The van der Waals surface area contributed by atoms with E-state index >= 15 is 0 Å². The molecule has 104 valence electrons. The van der Waals surface area contributed by atoms with E-state index in [2.05, 4.69) is 31.2 Å². The van der Waals surface area contributed by atoms with Crippen LogP contribution in [-0.4, -0.2) is 13.2 Å². The van der Waals surface area contributed by atoms with E-state index in [4.69, 9.17) is 15.2 Å². The highest BCUT2D eigenvalue weighted by molar-refractivity contribution is 7.98. The molecular weight excluding hydrogens is 270 g/mol. The minimum Gasteiger partial charge on any atom is -0.486 e. The number of hydrogen-bond donors (Lipinski definition) is 1. The summed E-state index contributed by atoms with van der Waals surface area (Å²) in [5.74, 6) is 2.43. The lowest BCUT2D eigenvalue weighted by molar-refractivity contribution is 0.171. The third-order valence-corrected chi connectivity index (χ3v) is 4.44. The van der Waals surface area contributed by atoms with Crippen LogP contribution in [0.25, 0.3) is 0 Å². The van der Waals surface area contributed by atoms with Crippen molar-refractivity contribution in [1.29, 1.82) is 0 Å². The maximum absolute atomic E-state index is 6.09. The first kappa shape index (κ1) is 13.2. The zero-order valence-corrected chi connectivity index (χ0v) is 12.2. The van der Waals surface area contributed by atoms with Crippen molar-refractivity contribution in [1.82, 2.24) is 0 Å². The van der Waals surface area contributed by atoms with E-state index in [-0.39, 0.29) is 0 Å². The third-order valence-electron chi connectivity index (χ3n) is 3.32. The van der Waals surface area contributed by atoms with Crippen LogP contribution >= 0.6 is 11.8 Å². The van der Waals surface area contributed by atoms with Gasteiger partial charge < -0.3 is 15.2 Å². The number of rotatable bonds is 3. The first-order valence-corrected chi connectivity index (χ1v) is 7.59. The number of fused-ring (bicyclic) bond motifs is 1. The predicted molar refractivity (Wildman–Crippen MR) is 82.6 cm³/mol. The first-order chi connectivity index (χ1) is 9.74. The summed E-state index contributed by atoms with van der Waals surface area (Å²) in [4.78, 5) is 1.04. The van der Waals surface area contributed by atoms with Gasteiger partial charge in [-0.25, -0.2) is 0 Å². The normalized spacial score (nSPS) is 13.2. The molecule has 0 aromatic heterocycles. The molecule has 0 amide bonds. The Labute approximate surface area is 123 Å². The minimum atomic E-state index is 0.585. The summed E-state index contributed by atoms with van der Waals surface area (Å²) >= 11 is 1.73. The molecule has 2 N–H and O–H groups in total. The minimum absolute atomic E-state index is 0.585. The molecule has 3 rings (SSSR count). The van der Waals surface area contributed by atoms with E-state index < -0.39 is 0 Å². The van der Waals surface area contributed by atoms with Gasteiger partial charge in [0.15, 0.2) is 11.5 Å². The van der Waals surface area contributed by atoms with Crippen molar-refractivity contribution in [3.05, 3.63) is 47.5 Å². The number of benzene rings is 2. The van der Waals surface area contributed by atoms with Crippen molar-refractivity contribution in [2.75, 3.05) is 18.9 Å². The molecule has 0 saturated carbocycles. The van der Waals surface area contributed by atoms with Gasteiger partial charge in [-0.2, -0.15) is 0 Å². The molecule has 4 heteroatoms. The summed E-state index contributed by atoms with van der Waals surface area (Å²) in [6.07, 6.45) is 0. The largest absolute Gasteiger partial charge is 0.486 e. The van der Waals surface area contributed by atoms with Gasteiger partial charge in [-0.15, -0.1) is 11.8 Å². The summed E-state index contributed by atoms with van der Waals surface area (Å²) in [7, 11) is 0. The van der Waals surface area contributed by atoms with Crippen molar-refractivity contribution in [3.63, 3.8) is 0 Å². The summed E-state index contributed by atoms with van der Waals surface area (Å²) in [6.45, 7) is 3.31. The lowest BCUT2D eigenvalue weighted by Gasteiger charge is -2.20. The maximum atomic E-state index is 6.09. The van der Waals surface area contributed by atoms with Gasteiger partial charge in [-0.1, -0.05) is 24.3 Å². The number of aryl methyl sites for hydroxylation is 1. The molecule has 0 unspecified atom stereocenters.